The molecule has 7 nitrogen and oxygen atoms in total. The van der Waals surface area contributed by atoms with E-state index in [1.165, 1.54) is 0 Å². The monoisotopic (exact) mass is 286 g/mol. The lowest BCUT2D eigenvalue weighted by atomic mass is 10.3. The van der Waals surface area contributed by atoms with Crippen molar-refractivity contribution in [2.75, 3.05) is 27.2 Å². The molecule has 0 atom stereocenters. The highest BCUT2D eigenvalue weighted by Crippen LogP contribution is 2.14. The largest absolute Gasteiger partial charge is 0.497 e. The molecule has 0 saturated heterocycles. The zero-order valence-corrected chi connectivity index (χ0v) is 12.2. The molecule has 21 heavy (non-hydrogen) atoms. The van der Waals surface area contributed by atoms with Gasteiger partial charge in [0.25, 0.3) is 0 Å². The summed E-state index contributed by atoms with van der Waals surface area (Å²) in [5, 5.41) is 11.6. The number of nitrogens with zero attached hydrogens (tertiary/aromatic N) is 5. The van der Waals surface area contributed by atoms with E-state index in [0.717, 1.165) is 36.2 Å². The summed E-state index contributed by atoms with van der Waals surface area (Å²) in [6.45, 7) is 2.41. The van der Waals surface area contributed by atoms with Crippen LogP contribution in [0.4, 0.5) is 0 Å². The number of aliphatic imine (C=N–C) groups is 1. The minimum absolute atomic E-state index is 0.610. The van der Waals surface area contributed by atoms with Crippen LogP contribution in [0.3, 0.4) is 0 Å². The van der Waals surface area contributed by atoms with Gasteiger partial charge in [-0.05, 0) is 24.3 Å². The Bertz CT molecular complexity index is 633. The van der Waals surface area contributed by atoms with Crippen LogP contribution < -0.4 is 10.1 Å². The quantitative estimate of drug-likeness (QED) is 0.894. The lowest BCUT2D eigenvalue weighted by Crippen LogP contribution is -2.35. The van der Waals surface area contributed by atoms with E-state index in [1.807, 2.05) is 37.5 Å². The lowest BCUT2D eigenvalue weighted by Gasteiger charge is -2.13. The first-order valence-corrected chi connectivity index (χ1v) is 6.81. The second-order valence-corrected chi connectivity index (χ2v) is 4.83. The van der Waals surface area contributed by atoms with Crippen LogP contribution in [0.2, 0.25) is 0 Å². The SMILES string of the molecule is COc1ccc(-n2cc(CNC3=NCCN3C)nn2)cc1. The molecule has 7 heteroatoms. The number of hydrogen-bond acceptors (Lipinski definition) is 6. The maximum atomic E-state index is 5.14. The summed E-state index contributed by atoms with van der Waals surface area (Å²) in [6, 6.07) is 7.69. The third-order valence-electron chi connectivity index (χ3n) is 3.36. The van der Waals surface area contributed by atoms with Crippen LogP contribution in [0.5, 0.6) is 5.75 Å². The molecular formula is C14H18N6O. The number of hydrogen-bond donors (Lipinski definition) is 1. The van der Waals surface area contributed by atoms with E-state index in [2.05, 4.69) is 25.5 Å². The third kappa shape index (κ3) is 2.96. The number of likely N-dealkylation sites (N-methyl/N-ethyl adjacent to an activating group) is 1. The molecule has 3 rings (SSSR count). The van der Waals surface area contributed by atoms with E-state index in [4.69, 9.17) is 4.74 Å². The maximum Gasteiger partial charge on any atom is 0.194 e. The van der Waals surface area contributed by atoms with Crippen molar-refractivity contribution < 1.29 is 4.74 Å². The van der Waals surface area contributed by atoms with E-state index in [1.54, 1.807) is 11.8 Å². The van der Waals surface area contributed by atoms with Crippen LogP contribution in [-0.4, -0.2) is 53.1 Å². The molecule has 0 amide bonds. The number of nitrogens with one attached hydrogen (secondary N) is 1. The molecule has 0 saturated carbocycles. The van der Waals surface area contributed by atoms with Crippen molar-refractivity contribution in [3.8, 4) is 11.4 Å². The Hall–Kier alpha value is -2.57. The molecule has 0 aliphatic carbocycles. The molecule has 0 spiro atoms. The maximum absolute atomic E-state index is 5.14. The normalized spacial score (nSPS) is 14.2. The Morgan fingerprint density at radius 3 is 2.76 bits per heavy atom. The van der Waals surface area contributed by atoms with Crippen LogP contribution >= 0.6 is 0 Å². The van der Waals surface area contributed by atoms with Gasteiger partial charge in [0, 0.05) is 13.6 Å². The van der Waals surface area contributed by atoms with E-state index in [-0.39, 0.29) is 0 Å². The highest BCUT2D eigenvalue weighted by molar-refractivity contribution is 5.81. The summed E-state index contributed by atoms with van der Waals surface area (Å²) in [5.74, 6) is 1.73. The van der Waals surface area contributed by atoms with E-state index in [9.17, 15) is 0 Å². The van der Waals surface area contributed by atoms with Crippen LogP contribution in [0.1, 0.15) is 5.69 Å². The number of rotatable bonds is 4. The molecule has 1 aromatic carbocycles. The zero-order chi connectivity index (χ0) is 14.7. The van der Waals surface area contributed by atoms with Gasteiger partial charge in [-0.25, -0.2) is 4.68 Å². The van der Waals surface area contributed by atoms with Crippen molar-refractivity contribution in [1.82, 2.24) is 25.2 Å². The predicted octanol–water partition coefficient (Wildman–Crippen LogP) is 0.667. The van der Waals surface area contributed by atoms with Gasteiger partial charge in [-0.1, -0.05) is 5.21 Å². The van der Waals surface area contributed by atoms with Crippen molar-refractivity contribution >= 4 is 5.96 Å². The molecule has 1 aromatic heterocycles. The van der Waals surface area contributed by atoms with Gasteiger partial charge in [-0.3, -0.25) is 4.99 Å². The Balaban J connectivity index is 1.65. The fourth-order valence-electron chi connectivity index (χ4n) is 2.13. The molecule has 1 aliphatic rings. The fourth-order valence-corrected chi connectivity index (χ4v) is 2.13. The number of guanidine groups is 1. The first-order chi connectivity index (χ1) is 10.3. The zero-order valence-electron chi connectivity index (χ0n) is 12.2. The summed E-state index contributed by atoms with van der Waals surface area (Å²) in [7, 11) is 3.67. The van der Waals surface area contributed by atoms with E-state index >= 15 is 0 Å². The average molecular weight is 286 g/mol. The van der Waals surface area contributed by atoms with Crippen LogP contribution in [0.15, 0.2) is 35.5 Å². The molecule has 2 aromatic rings. The predicted molar refractivity (Wildman–Crippen MR) is 79.7 cm³/mol. The number of ether oxygens (including phenoxy) is 1. The number of methoxy groups -OCH3 is 1. The van der Waals surface area contributed by atoms with E-state index < -0.39 is 0 Å². The van der Waals surface area contributed by atoms with Crippen LogP contribution in [0.25, 0.3) is 5.69 Å². The van der Waals surface area contributed by atoms with Crippen LogP contribution in [-0.2, 0) is 6.54 Å². The molecule has 2 heterocycles. The number of aromatic nitrogens is 3. The Morgan fingerprint density at radius 2 is 2.10 bits per heavy atom. The molecule has 0 radical (unpaired) electrons. The summed E-state index contributed by atoms with van der Waals surface area (Å²) in [5.41, 5.74) is 1.82. The molecule has 1 N–H and O–H groups in total. The van der Waals surface area contributed by atoms with Gasteiger partial charge in [0.15, 0.2) is 5.96 Å². The topological polar surface area (TPSA) is 67.6 Å². The first-order valence-electron chi connectivity index (χ1n) is 6.81. The smallest absolute Gasteiger partial charge is 0.194 e. The van der Waals surface area contributed by atoms with E-state index in [0.29, 0.717) is 6.54 Å². The molecular weight excluding hydrogens is 268 g/mol. The average Bonchev–Trinajstić information content (AvgIpc) is 3.14. The van der Waals surface area contributed by atoms with Gasteiger partial charge < -0.3 is 15.0 Å². The van der Waals surface area contributed by atoms with Gasteiger partial charge in [0.1, 0.15) is 11.4 Å². The molecule has 110 valence electrons. The standard InChI is InChI=1S/C14H18N6O/c1-19-8-7-15-14(19)16-9-11-10-20(18-17-11)12-3-5-13(21-2)6-4-12/h3-6,10H,7-9H2,1-2H3,(H,15,16). The van der Waals surface area contributed by atoms with Crippen molar-refractivity contribution in [1.29, 1.82) is 0 Å². The first kappa shape index (κ1) is 13.4. The highest BCUT2D eigenvalue weighted by Gasteiger charge is 2.12. The van der Waals surface area contributed by atoms with Crippen LogP contribution in [0, 0.1) is 0 Å². The number of benzene rings is 1. The van der Waals surface area contributed by atoms with Gasteiger partial charge in [0.2, 0.25) is 0 Å². The van der Waals surface area contributed by atoms with Crippen molar-refractivity contribution in [3.05, 3.63) is 36.2 Å². The Labute approximate surface area is 123 Å². The second-order valence-electron chi connectivity index (χ2n) is 4.83. The molecule has 0 fully saturated rings. The third-order valence-corrected chi connectivity index (χ3v) is 3.36. The minimum Gasteiger partial charge on any atom is -0.497 e. The minimum atomic E-state index is 0.610. The second kappa shape index (κ2) is 5.82. The van der Waals surface area contributed by atoms with Crippen molar-refractivity contribution in [2.24, 2.45) is 4.99 Å². The highest BCUT2D eigenvalue weighted by atomic mass is 16.5. The molecule has 0 unspecified atom stereocenters. The fraction of sp³-hybridized carbons (Fsp3) is 0.357. The van der Waals surface area contributed by atoms with Gasteiger partial charge in [-0.2, -0.15) is 0 Å². The van der Waals surface area contributed by atoms with Gasteiger partial charge >= 0.3 is 0 Å². The summed E-state index contributed by atoms with van der Waals surface area (Å²) >= 11 is 0. The van der Waals surface area contributed by atoms with Crippen molar-refractivity contribution in [2.45, 2.75) is 6.54 Å². The summed E-state index contributed by atoms with van der Waals surface area (Å²) in [6.07, 6.45) is 1.91. The van der Waals surface area contributed by atoms with Gasteiger partial charge in [-0.15, -0.1) is 5.10 Å². The Kier molecular flexibility index (Phi) is 3.72. The molecule has 0 bridgehead atoms. The van der Waals surface area contributed by atoms with Gasteiger partial charge in [0.05, 0.1) is 32.1 Å². The Morgan fingerprint density at radius 1 is 1.29 bits per heavy atom. The van der Waals surface area contributed by atoms with Crippen molar-refractivity contribution in [3.63, 3.8) is 0 Å². The lowest BCUT2D eigenvalue weighted by molar-refractivity contribution is 0.414. The summed E-state index contributed by atoms with van der Waals surface area (Å²) in [4.78, 5) is 6.47. The molecule has 1 aliphatic heterocycles. The summed E-state index contributed by atoms with van der Waals surface area (Å²) < 4.78 is 6.89.